The number of aromatic nitrogens is 3. The summed E-state index contributed by atoms with van der Waals surface area (Å²) < 4.78 is 6.92. The molecule has 3 aromatic rings. The van der Waals surface area contributed by atoms with Gasteiger partial charge in [0.25, 0.3) is 0 Å². The Labute approximate surface area is 141 Å². The maximum Gasteiger partial charge on any atom is 0.230 e. The number of rotatable bonds is 3. The second kappa shape index (κ2) is 6.09. The van der Waals surface area contributed by atoms with Crippen molar-refractivity contribution in [2.45, 2.75) is 6.04 Å². The lowest BCUT2D eigenvalue weighted by atomic mass is 10.0. The molecular formula is C15H15ClN4O2S. The fraction of sp³-hybridized carbons (Fsp3) is 0.333. The van der Waals surface area contributed by atoms with Gasteiger partial charge < -0.3 is 9.84 Å². The van der Waals surface area contributed by atoms with Gasteiger partial charge in [0.1, 0.15) is 6.33 Å². The van der Waals surface area contributed by atoms with Crippen LogP contribution in [0.1, 0.15) is 16.5 Å². The quantitative estimate of drug-likeness (QED) is 0.786. The van der Waals surface area contributed by atoms with Crippen LogP contribution in [-0.4, -0.2) is 50.9 Å². The molecule has 0 aliphatic carbocycles. The molecule has 1 saturated heterocycles. The summed E-state index contributed by atoms with van der Waals surface area (Å²) in [7, 11) is 0. The smallest absolute Gasteiger partial charge is 0.230 e. The fourth-order valence-electron chi connectivity index (χ4n) is 2.91. The first-order valence-electron chi connectivity index (χ1n) is 7.33. The highest BCUT2D eigenvalue weighted by atomic mass is 35.5. The second-order valence-electron chi connectivity index (χ2n) is 5.32. The molecule has 0 amide bonds. The Balaban J connectivity index is 1.85. The molecule has 1 atom stereocenters. The molecule has 1 aliphatic rings. The van der Waals surface area contributed by atoms with Crippen LogP contribution in [-0.2, 0) is 4.74 Å². The lowest BCUT2D eigenvalue weighted by Gasteiger charge is -2.34. The van der Waals surface area contributed by atoms with Crippen LogP contribution in [0.4, 0.5) is 0 Å². The van der Waals surface area contributed by atoms with E-state index in [0.29, 0.717) is 23.2 Å². The Morgan fingerprint density at radius 2 is 2.04 bits per heavy atom. The molecule has 4 rings (SSSR count). The van der Waals surface area contributed by atoms with Gasteiger partial charge in [-0.05, 0) is 11.6 Å². The molecule has 1 N–H and O–H groups in total. The van der Waals surface area contributed by atoms with Crippen LogP contribution in [0.2, 0.25) is 5.02 Å². The van der Waals surface area contributed by atoms with Gasteiger partial charge in [-0.25, -0.2) is 4.98 Å². The van der Waals surface area contributed by atoms with E-state index >= 15 is 0 Å². The van der Waals surface area contributed by atoms with Gasteiger partial charge in [-0.2, -0.15) is 9.61 Å². The molecule has 0 spiro atoms. The Kier molecular flexibility index (Phi) is 3.94. The molecule has 0 unspecified atom stereocenters. The van der Waals surface area contributed by atoms with Crippen LogP contribution in [0.5, 0.6) is 5.88 Å². The largest absolute Gasteiger partial charge is 0.492 e. The molecule has 0 bridgehead atoms. The zero-order chi connectivity index (χ0) is 15.8. The van der Waals surface area contributed by atoms with Crippen molar-refractivity contribution < 1.29 is 9.84 Å². The summed E-state index contributed by atoms with van der Waals surface area (Å²) >= 11 is 7.87. The van der Waals surface area contributed by atoms with Gasteiger partial charge in [-0.15, -0.1) is 0 Å². The Bertz CT molecular complexity index is 828. The number of morpholine rings is 1. The number of benzene rings is 1. The minimum atomic E-state index is -0.138. The molecule has 120 valence electrons. The summed E-state index contributed by atoms with van der Waals surface area (Å²) in [5.41, 5.74) is 0.968. The van der Waals surface area contributed by atoms with Gasteiger partial charge in [-0.1, -0.05) is 41.1 Å². The van der Waals surface area contributed by atoms with Crippen LogP contribution in [0, 0.1) is 0 Å². The highest BCUT2D eigenvalue weighted by Gasteiger charge is 2.31. The molecule has 3 heterocycles. The van der Waals surface area contributed by atoms with E-state index in [4.69, 9.17) is 16.3 Å². The zero-order valence-corrected chi connectivity index (χ0v) is 13.8. The highest BCUT2D eigenvalue weighted by molar-refractivity contribution is 7.17. The van der Waals surface area contributed by atoms with Crippen LogP contribution in [0.3, 0.4) is 0 Å². The number of ether oxygens (including phenoxy) is 1. The van der Waals surface area contributed by atoms with Crippen LogP contribution in [0.25, 0.3) is 4.96 Å². The molecule has 8 heteroatoms. The number of hydrogen-bond acceptors (Lipinski definition) is 6. The fourth-order valence-corrected chi connectivity index (χ4v) is 4.23. The van der Waals surface area contributed by atoms with E-state index in [1.807, 2.05) is 24.3 Å². The summed E-state index contributed by atoms with van der Waals surface area (Å²) in [6, 6.07) is 7.60. The predicted octanol–water partition coefficient (Wildman–Crippen LogP) is 2.57. The number of hydrogen-bond donors (Lipinski definition) is 1. The Morgan fingerprint density at radius 1 is 1.26 bits per heavy atom. The maximum absolute atomic E-state index is 10.6. The summed E-state index contributed by atoms with van der Waals surface area (Å²) in [6.07, 6.45) is 1.44. The number of halogens is 1. The summed E-state index contributed by atoms with van der Waals surface area (Å²) in [6.45, 7) is 2.90. The number of aromatic hydroxyl groups is 1. The van der Waals surface area contributed by atoms with Crippen molar-refractivity contribution in [2.24, 2.45) is 0 Å². The van der Waals surface area contributed by atoms with Gasteiger partial charge in [0.15, 0.2) is 0 Å². The third kappa shape index (κ3) is 2.59. The summed E-state index contributed by atoms with van der Waals surface area (Å²) in [5, 5.41) is 15.4. The molecule has 1 aliphatic heterocycles. The van der Waals surface area contributed by atoms with Crippen molar-refractivity contribution in [3.05, 3.63) is 46.1 Å². The van der Waals surface area contributed by atoms with Crippen LogP contribution >= 0.6 is 22.9 Å². The molecule has 1 fully saturated rings. The van der Waals surface area contributed by atoms with Crippen molar-refractivity contribution >= 4 is 27.9 Å². The SMILES string of the molecule is Oc1c([C@H](c2ccccc2Cl)N2CCOCC2)sc2ncnn12. The molecule has 23 heavy (non-hydrogen) atoms. The van der Waals surface area contributed by atoms with Gasteiger partial charge in [0.2, 0.25) is 10.8 Å². The second-order valence-corrected chi connectivity index (χ2v) is 6.73. The number of fused-ring (bicyclic) bond motifs is 1. The van der Waals surface area contributed by atoms with E-state index in [-0.39, 0.29) is 11.9 Å². The first kappa shape index (κ1) is 14.9. The first-order valence-corrected chi connectivity index (χ1v) is 8.53. The van der Waals surface area contributed by atoms with E-state index in [0.717, 1.165) is 23.5 Å². The van der Waals surface area contributed by atoms with Gasteiger partial charge >= 0.3 is 0 Å². The third-order valence-corrected chi connectivity index (χ3v) is 5.43. The van der Waals surface area contributed by atoms with Crippen LogP contribution in [0.15, 0.2) is 30.6 Å². The van der Waals surface area contributed by atoms with E-state index in [9.17, 15) is 5.11 Å². The van der Waals surface area contributed by atoms with Crippen molar-refractivity contribution in [3.8, 4) is 5.88 Å². The molecule has 1 aromatic carbocycles. The lowest BCUT2D eigenvalue weighted by Crippen LogP contribution is -2.39. The molecule has 2 aromatic heterocycles. The Hall–Kier alpha value is -1.67. The normalized spacial score (nSPS) is 17.6. The first-order chi connectivity index (χ1) is 11.3. The molecular weight excluding hydrogens is 336 g/mol. The van der Waals surface area contributed by atoms with Gasteiger partial charge in [-0.3, -0.25) is 4.90 Å². The van der Waals surface area contributed by atoms with Crippen molar-refractivity contribution in [2.75, 3.05) is 26.3 Å². The lowest BCUT2D eigenvalue weighted by molar-refractivity contribution is 0.0241. The molecule has 0 radical (unpaired) electrons. The van der Waals surface area contributed by atoms with Crippen LogP contribution < -0.4 is 0 Å². The summed E-state index contributed by atoms with van der Waals surface area (Å²) in [4.78, 5) is 7.92. The molecule has 6 nitrogen and oxygen atoms in total. The standard InChI is InChI=1S/C15H15ClN4O2S/c16-11-4-2-1-3-10(11)12(19-5-7-22-8-6-19)13-14(21)20-15(23-13)17-9-18-20/h1-4,9,12,21H,5-8H2/t12-/m0/s1. The molecule has 0 saturated carbocycles. The van der Waals surface area contributed by atoms with Crippen molar-refractivity contribution in [1.29, 1.82) is 0 Å². The van der Waals surface area contributed by atoms with E-state index < -0.39 is 0 Å². The van der Waals surface area contributed by atoms with Crippen molar-refractivity contribution in [1.82, 2.24) is 19.5 Å². The third-order valence-electron chi connectivity index (χ3n) is 4.00. The summed E-state index contributed by atoms with van der Waals surface area (Å²) in [5.74, 6) is 0.124. The van der Waals surface area contributed by atoms with E-state index in [2.05, 4.69) is 15.0 Å². The maximum atomic E-state index is 10.6. The van der Waals surface area contributed by atoms with E-state index in [1.54, 1.807) is 0 Å². The minimum absolute atomic E-state index is 0.124. The highest BCUT2D eigenvalue weighted by Crippen LogP contribution is 2.41. The van der Waals surface area contributed by atoms with Crippen molar-refractivity contribution in [3.63, 3.8) is 0 Å². The average Bonchev–Trinajstić information content (AvgIpc) is 3.15. The predicted molar refractivity (Wildman–Crippen MR) is 88.2 cm³/mol. The minimum Gasteiger partial charge on any atom is -0.492 e. The van der Waals surface area contributed by atoms with Gasteiger partial charge in [0, 0.05) is 18.1 Å². The topological polar surface area (TPSA) is 62.9 Å². The zero-order valence-electron chi connectivity index (χ0n) is 12.2. The number of nitrogens with zero attached hydrogens (tertiary/aromatic N) is 4. The number of thiazole rings is 1. The monoisotopic (exact) mass is 350 g/mol. The van der Waals surface area contributed by atoms with Gasteiger partial charge in [0.05, 0.1) is 24.1 Å². The Morgan fingerprint density at radius 3 is 2.78 bits per heavy atom. The van der Waals surface area contributed by atoms with E-state index in [1.165, 1.54) is 22.2 Å². The average molecular weight is 351 g/mol.